The van der Waals surface area contributed by atoms with Crippen molar-refractivity contribution >= 4 is 45.4 Å². The van der Waals surface area contributed by atoms with Gasteiger partial charge in [0.25, 0.3) is 5.56 Å². The SMILES string of the molecule is N#Cc1ccc(Cl)c(-n2c(=S)[nH]c3sccc3c2=O)c1. The van der Waals surface area contributed by atoms with Gasteiger partial charge in [-0.15, -0.1) is 11.3 Å². The molecule has 0 aliphatic carbocycles. The number of aromatic nitrogens is 2. The molecule has 98 valence electrons. The first-order valence-electron chi connectivity index (χ1n) is 5.54. The van der Waals surface area contributed by atoms with Gasteiger partial charge < -0.3 is 4.98 Å². The number of nitrogens with zero attached hydrogens (tertiary/aromatic N) is 2. The Hall–Kier alpha value is -1.94. The molecule has 3 aromatic rings. The second-order valence-electron chi connectivity index (χ2n) is 4.01. The monoisotopic (exact) mass is 319 g/mol. The Kier molecular flexibility index (Phi) is 3.18. The minimum atomic E-state index is -0.248. The molecule has 2 aromatic heterocycles. The molecule has 1 N–H and O–H groups in total. The van der Waals surface area contributed by atoms with E-state index in [0.717, 1.165) is 4.83 Å². The summed E-state index contributed by atoms with van der Waals surface area (Å²) < 4.78 is 1.56. The molecule has 7 heteroatoms. The average Bonchev–Trinajstić information content (AvgIpc) is 2.89. The molecule has 0 spiro atoms. The molecule has 0 amide bonds. The standard InChI is InChI=1S/C13H6ClN3OS2/c14-9-2-1-7(6-15)5-10(9)17-12(18)8-3-4-20-11(8)16-13(17)19/h1-5H,(H,16,19). The Bertz CT molecular complexity index is 978. The van der Waals surface area contributed by atoms with Crippen LogP contribution in [-0.4, -0.2) is 9.55 Å². The Labute approximate surface area is 127 Å². The van der Waals surface area contributed by atoms with Gasteiger partial charge >= 0.3 is 0 Å². The Morgan fingerprint density at radius 1 is 1.40 bits per heavy atom. The van der Waals surface area contributed by atoms with E-state index in [1.165, 1.54) is 15.9 Å². The third kappa shape index (κ3) is 1.96. The highest BCUT2D eigenvalue weighted by Crippen LogP contribution is 2.22. The van der Waals surface area contributed by atoms with Crippen LogP contribution < -0.4 is 5.56 Å². The zero-order valence-corrected chi connectivity index (χ0v) is 12.3. The summed E-state index contributed by atoms with van der Waals surface area (Å²) in [4.78, 5) is 16.2. The molecular weight excluding hydrogens is 314 g/mol. The lowest BCUT2D eigenvalue weighted by Crippen LogP contribution is -2.20. The number of nitrogens with one attached hydrogen (secondary N) is 1. The van der Waals surface area contributed by atoms with Crippen molar-refractivity contribution in [3.8, 4) is 11.8 Å². The molecule has 0 aliphatic heterocycles. The fourth-order valence-corrected chi connectivity index (χ4v) is 3.24. The van der Waals surface area contributed by atoms with E-state index in [2.05, 4.69) is 4.98 Å². The van der Waals surface area contributed by atoms with Crippen molar-refractivity contribution in [2.24, 2.45) is 0 Å². The summed E-state index contributed by atoms with van der Waals surface area (Å²) in [5.41, 5.74) is 0.572. The zero-order chi connectivity index (χ0) is 14.3. The molecule has 0 fully saturated rings. The van der Waals surface area contributed by atoms with Crippen molar-refractivity contribution in [1.29, 1.82) is 5.26 Å². The number of benzene rings is 1. The highest BCUT2D eigenvalue weighted by molar-refractivity contribution is 7.71. The molecule has 0 saturated heterocycles. The van der Waals surface area contributed by atoms with Crippen molar-refractivity contribution < 1.29 is 0 Å². The number of nitriles is 1. The van der Waals surface area contributed by atoms with Gasteiger partial charge in [0.05, 0.1) is 27.7 Å². The second kappa shape index (κ2) is 4.87. The smallest absolute Gasteiger partial charge is 0.267 e. The Balaban J connectivity index is 2.44. The maximum atomic E-state index is 12.5. The van der Waals surface area contributed by atoms with Crippen LogP contribution in [0.2, 0.25) is 5.02 Å². The number of halogens is 1. The van der Waals surface area contributed by atoms with Gasteiger partial charge in [-0.2, -0.15) is 5.26 Å². The minimum absolute atomic E-state index is 0.248. The summed E-state index contributed by atoms with van der Waals surface area (Å²) in [5.74, 6) is 0. The number of fused-ring (bicyclic) bond motifs is 1. The highest BCUT2D eigenvalue weighted by Gasteiger charge is 2.11. The Morgan fingerprint density at radius 2 is 2.20 bits per heavy atom. The molecule has 2 heterocycles. The van der Waals surface area contributed by atoms with Crippen LogP contribution in [0.5, 0.6) is 0 Å². The molecule has 0 unspecified atom stereocenters. The van der Waals surface area contributed by atoms with E-state index in [4.69, 9.17) is 29.1 Å². The number of rotatable bonds is 1. The lowest BCUT2D eigenvalue weighted by Gasteiger charge is -2.08. The van der Waals surface area contributed by atoms with Crippen LogP contribution in [0.1, 0.15) is 5.56 Å². The van der Waals surface area contributed by atoms with Crippen LogP contribution in [0.4, 0.5) is 0 Å². The van der Waals surface area contributed by atoms with E-state index < -0.39 is 0 Å². The van der Waals surface area contributed by atoms with Crippen LogP contribution in [0.3, 0.4) is 0 Å². The summed E-state index contributed by atoms with van der Waals surface area (Å²) in [7, 11) is 0. The highest BCUT2D eigenvalue weighted by atomic mass is 35.5. The molecule has 0 bridgehead atoms. The summed E-state index contributed by atoms with van der Waals surface area (Å²) in [6.07, 6.45) is 0. The van der Waals surface area contributed by atoms with E-state index in [1.807, 2.05) is 11.4 Å². The second-order valence-corrected chi connectivity index (χ2v) is 5.72. The largest absolute Gasteiger partial charge is 0.323 e. The van der Waals surface area contributed by atoms with E-state index in [0.29, 0.717) is 21.7 Å². The predicted octanol–water partition coefficient (Wildman–Crippen LogP) is 3.63. The van der Waals surface area contributed by atoms with Gasteiger partial charge in [0.2, 0.25) is 0 Å². The van der Waals surface area contributed by atoms with Crippen molar-refractivity contribution in [2.45, 2.75) is 0 Å². The maximum Gasteiger partial charge on any atom is 0.267 e. The van der Waals surface area contributed by atoms with E-state index >= 15 is 0 Å². The lowest BCUT2D eigenvalue weighted by atomic mass is 10.2. The first kappa shape index (κ1) is 13.1. The van der Waals surface area contributed by atoms with E-state index in [1.54, 1.807) is 24.3 Å². The van der Waals surface area contributed by atoms with E-state index in [9.17, 15) is 4.79 Å². The van der Waals surface area contributed by atoms with Crippen molar-refractivity contribution in [3.05, 3.63) is 55.4 Å². The van der Waals surface area contributed by atoms with Crippen LogP contribution >= 0.6 is 35.2 Å². The molecule has 20 heavy (non-hydrogen) atoms. The van der Waals surface area contributed by atoms with E-state index in [-0.39, 0.29) is 10.3 Å². The molecule has 0 aliphatic rings. The molecule has 1 aromatic carbocycles. The molecular formula is C13H6ClN3OS2. The molecule has 0 saturated carbocycles. The predicted molar refractivity (Wildman–Crippen MR) is 82.3 cm³/mol. The number of thiophene rings is 1. The number of hydrogen-bond acceptors (Lipinski definition) is 4. The van der Waals surface area contributed by atoms with Gasteiger partial charge in [-0.25, -0.2) is 0 Å². The van der Waals surface area contributed by atoms with Gasteiger partial charge in [0, 0.05) is 0 Å². The molecule has 4 nitrogen and oxygen atoms in total. The van der Waals surface area contributed by atoms with Crippen molar-refractivity contribution in [2.75, 3.05) is 0 Å². The molecule has 0 atom stereocenters. The summed E-state index contributed by atoms with van der Waals surface area (Å²) in [5, 5.41) is 11.7. The van der Waals surface area contributed by atoms with Gasteiger partial charge in [0.15, 0.2) is 4.77 Å². The fourth-order valence-electron chi connectivity index (χ4n) is 1.91. The summed E-state index contributed by atoms with van der Waals surface area (Å²) in [6.45, 7) is 0. The maximum absolute atomic E-state index is 12.5. The van der Waals surface area contributed by atoms with Crippen molar-refractivity contribution in [3.63, 3.8) is 0 Å². The molecule has 0 radical (unpaired) electrons. The van der Waals surface area contributed by atoms with Crippen LogP contribution in [0.25, 0.3) is 15.9 Å². The van der Waals surface area contributed by atoms with Crippen LogP contribution in [0.15, 0.2) is 34.4 Å². The van der Waals surface area contributed by atoms with Crippen molar-refractivity contribution in [1.82, 2.24) is 9.55 Å². The number of H-pyrrole nitrogens is 1. The van der Waals surface area contributed by atoms with Crippen LogP contribution in [-0.2, 0) is 0 Å². The topological polar surface area (TPSA) is 61.6 Å². The summed E-state index contributed by atoms with van der Waals surface area (Å²) >= 11 is 12.8. The lowest BCUT2D eigenvalue weighted by molar-refractivity contribution is 0.943. The minimum Gasteiger partial charge on any atom is -0.323 e. The van der Waals surface area contributed by atoms with Crippen LogP contribution in [0, 0.1) is 16.1 Å². The van der Waals surface area contributed by atoms with Gasteiger partial charge in [-0.05, 0) is 41.9 Å². The quantitative estimate of drug-likeness (QED) is 0.697. The van der Waals surface area contributed by atoms with Gasteiger partial charge in [-0.1, -0.05) is 11.6 Å². The average molecular weight is 320 g/mol. The molecule has 3 rings (SSSR count). The first-order valence-corrected chi connectivity index (χ1v) is 7.21. The fraction of sp³-hybridized carbons (Fsp3) is 0. The summed E-state index contributed by atoms with van der Waals surface area (Å²) in [6, 6.07) is 8.46. The number of aromatic amines is 1. The Morgan fingerprint density at radius 3 is 2.95 bits per heavy atom. The normalized spacial score (nSPS) is 10.6. The third-order valence-corrected chi connectivity index (χ3v) is 4.27. The zero-order valence-electron chi connectivity index (χ0n) is 9.88. The first-order chi connectivity index (χ1) is 9.61. The number of hydrogen-bond donors (Lipinski definition) is 1. The van der Waals surface area contributed by atoms with Gasteiger partial charge in [0.1, 0.15) is 4.83 Å². The van der Waals surface area contributed by atoms with Gasteiger partial charge in [-0.3, -0.25) is 9.36 Å². The third-order valence-electron chi connectivity index (χ3n) is 2.84.